The van der Waals surface area contributed by atoms with E-state index in [1.165, 1.54) is 19.2 Å². The van der Waals surface area contributed by atoms with Gasteiger partial charge in [-0.05, 0) is 28.7 Å². The molecule has 0 atom stereocenters. The normalized spacial score (nSPS) is 10.3. The summed E-state index contributed by atoms with van der Waals surface area (Å²) in [6, 6.07) is 2.96. The summed E-state index contributed by atoms with van der Waals surface area (Å²) in [5, 5.41) is 10.1. The Kier molecular flexibility index (Phi) is 25.5. The van der Waals surface area contributed by atoms with Crippen molar-refractivity contribution in [2.75, 3.05) is 126 Å². The van der Waals surface area contributed by atoms with Gasteiger partial charge in [-0.25, -0.2) is 4.79 Å². The lowest BCUT2D eigenvalue weighted by Gasteiger charge is -2.18. The van der Waals surface area contributed by atoms with Gasteiger partial charge in [-0.1, -0.05) is 15.3 Å². The average molecular weight is 656 g/mol. The highest BCUT2D eigenvalue weighted by Crippen LogP contribution is 2.39. The molecule has 0 radical (unpaired) electrons. The quantitative estimate of drug-likeness (QED) is 0.0366. The van der Waals surface area contributed by atoms with Gasteiger partial charge in [0.1, 0.15) is 19.8 Å². The van der Waals surface area contributed by atoms with Crippen LogP contribution >= 0.6 is 0 Å². The number of rotatable bonds is 31. The molecule has 0 N–H and O–H groups in total. The number of azide groups is 3. The minimum absolute atomic E-state index is 0.117. The Bertz CT molecular complexity index is 1060. The Hall–Kier alpha value is -4.22. The van der Waals surface area contributed by atoms with Gasteiger partial charge in [0.25, 0.3) is 0 Å². The molecular weight excluding hydrogens is 614 g/mol. The van der Waals surface area contributed by atoms with E-state index in [0.29, 0.717) is 59.5 Å². The SMILES string of the molecule is COC(=O)c1cc(OCCOCCOCCN=[N+]=[N-])c(OCCOCCOCCN=[N+]=[N-])c(OCCOCCOCCN=[N+]=[N-])c1. The first-order valence-electron chi connectivity index (χ1n) is 14.3. The number of hydrogen-bond donors (Lipinski definition) is 0. The standard InChI is InChI=1S/C26H41N9O11/c1-37-26(36)22-20-23(44-17-14-41-11-8-38-5-2-30-33-27)25(46-19-16-43-13-10-40-7-4-32-35-29)24(21-22)45-18-15-42-12-9-39-6-3-31-34-28/h20-21H,2-19H2,1H3. The number of benzene rings is 1. The summed E-state index contributed by atoms with van der Waals surface area (Å²) < 4.78 is 55.1. The zero-order chi connectivity index (χ0) is 33.3. The molecule has 0 fully saturated rings. The summed E-state index contributed by atoms with van der Waals surface area (Å²) in [5.74, 6) is 0.0867. The van der Waals surface area contributed by atoms with Gasteiger partial charge in [0, 0.05) is 34.4 Å². The number of nitrogens with zero attached hydrogens (tertiary/aromatic N) is 9. The molecule has 0 amide bonds. The van der Waals surface area contributed by atoms with Gasteiger partial charge in [0.2, 0.25) is 5.75 Å². The van der Waals surface area contributed by atoms with Crippen LogP contribution in [0.3, 0.4) is 0 Å². The van der Waals surface area contributed by atoms with Crippen molar-refractivity contribution in [3.8, 4) is 17.2 Å². The number of carbonyl (C=O) groups is 1. The van der Waals surface area contributed by atoms with Crippen LogP contribution < -0.4 is 14.2 Å². The largest absolute Gasteiger partial charge is 0.487 e. The van der Waals surface area contributed by atoms with E-state index < -0.39 is 5.97 Å². The van der Waals surface area contributed by atoms with Crippen LogP contribution in [0.5, 0.6) is 17.2 Å². The van der Waals surface area contributed by atoms with Gasteiger partial charge in [0.15, 0.2) is 11.5 Å². The predicted molar refractivity (Wildman–Crippen MR) is 161 cm³/mol. The second-order valence-electron chi connectivity index (χ2n) is 8.38. The maximum atomic E-state index is 12.4. The molecule has 0 spiro atoms. The predicted octanol–water partition coefficient (Wildman–Crippen LogP) is 3.64. The minimum Gasteiger partial charge on any atom is -0.487 e. The van der Waals surface area contributed by atoms with E-state index in [0.717, 1.165) is 0 Å². The number of esters is 1. The van der Waals surface area contributed by atoms with Crippen LogP contribution in [0.15, 0.2) is 27.5 Å². The van der Waals surface area contributed by atoms with Crippen LogP contribution in [0.4, 0.5) is 0 Å². The summed E-state index contributed by atoms with van der Waals surface area (Å²) in [4.78, 5) is 20.4. The fraction of sp³-hybridized carbons (Fsp3) is 0.731. The third-order valence-corrected chi connectivity index (χ3v) is 5.20. The molecule has 1 rings (SSSR count). The molecule has 0 aromatic heterocycles. The molecule has 256 valence electrons. The summed E-state index contributed by atoms with van der Waals surface area (Å²) in [6.45, 7) is 4.40. The van der Waals surface area contributed by atoms with E-state index in [1.54, 1.807) is 0 Å². The first-order chi connectivity index (χ1) is 22.7. The van der Waals surface area contributed by atoms with E-state index in [4.69, 9.17) is 64.0 Å². The molecule has 46 heavy (non-hydrogen) atoms. The molecule has 0 unspecified atom stereocenters. The molecule has 0 aliphatic rings. The number of hydrogen-bond acceptors (Lipinski definition) is 14. The lowest BCUT2D eigenvalue weighted by atomic mass is 10.2. The van der Waals surface area contributed by atoms with Crippen LogP contribution in [-0.4, -0.2) is 132 Å². The van der Waals surface area contributed by atoms with Crippen molar-refractivity contribution in [1.29, 1.82) is 0 Å². The molecule has 1 aromatic carbocycles. The fourth-order valence-corrected chi connectivity index (χ4v) is 3.21. The molecule has 0 bridgehead atoms. The summed E-state index contributed by atoms with van der Waals surface area (Å²) in [5.41, 5.74) is 25.0. The summed E-state index contributed by atoms with van der Waals surface area (Å²) in [6.07, 6.45) is 0. The molecule has 0 aliphatic heterocycles. The third kappa shape index (κ3) is 20.7. The number of ether oxygens (including phenoxy) is 10. The van der Waals surface area contributed by atoms with Crippen molar-refractivity contribution < 1.29 is 52.2 Å². The smallest absolute Gasteiger partial charge is 0.338 e. The Morgan fingerprint density at radius 3 is 1.22 bits per heavy atom. The van der Waals surface area contributed by atoms with Gasteiger partial charge in [-0.3, -0.25) is 0 Å². The Morgan fingerprint density at radius 1 is 0.543 bits per heavy atom. The fourth-order valence-electron chi connectivity index (χ4n) is 3.21. The van der Waals surface area contributed by atoms with Crippen molar-refractivity contribution >= 4 is 5.97 Å². The van der Waals surface area contributed by atoms with E-state index in [9.17, 15) is 4.79 Å². The van der Waals surface area contributed by atoms with Gasteiger partial charge < -0.3 is 47.4 Å². The Balaban J connectivity index is 2.75. The number of carbonyl (C=O) groups excluding carboxylic acids is 1. The highest BCUT2D eigenvalue weighted by Gasteiger charge is 2.19. The van der Waals surface area contributed by atoms with Crippen LogP contribution in [0.25, 0.3) is 31.3 Å². The van der Waals surface area contributed by atoms with Crippen molar-refractivity contribution in [1.82, 2.24) is 0 Å². The lowest BCUT2D eigenvalue weighted by Crippen LogP contribution is -2.16. The topological polar surface area (TPSA) is 256 Å². The highest BCUT2D eigenvalue weighted by atomic mass is 16.6. The lowest BCUT2D eigenvalue weighted by molar-refractivity contribution is 0.0330. The molecule has 0 saturated carbocycles. The van der Waals surface area contributed by atoms with Crippen LogP contribution in [0.1, 0.15) is 10.4 Å². The molecule has 0 heterocycles. The maximum Gasteiger partial charge on any atom is 0.338 e. The first-order valence-corrected chi connectivity index (χ1v) is 14.3. The second-order valence-corrected chi connectivity index (χ2v) is 8.38. The van der Waals surface area contributed by atoms with E-state index in [2.05, 4.69) is 30.1 Å². The molecule has 20 heteroatoms. The van der Waals surface area contributed by atoms with Crippen molar-refractivity contribution in [3.05, 3.63) is 49.0 Å². The first kappa shape index (κ1) is 39.8. The van der Waals surface area contributed by atoms with E-state index >= 15 is 0 Å². The maximum absolute atomic E-state index is 12.4. The molecule has 20 nitrogen and oxygen atoms in total. The Morgan fingerprint density at radius 2 is 0.870 bits per heavy atom. The van der Waals surface area contributed by atoms with Crippen LogP contribution in [-0.2, 0) is 33.2 Å². The third-order valence-electron chi connectivity index (χ3n) is 5.20. The monoisotopic (exact) mass is 655 g/mol. The zero-order valence-corrected chi connectivity index (χ0v) is 25.9. The molecule has 0 aliphatic carbocycles. The molecule has 0 saturated heterocycles. The van der Waals surface area contributed by atoms with Gasteiger partial charge in [0.05, 0.1) is 92.0 Å². The van der Waals surface area contributed by atoms with Gasteiger partial charge in [-0.2, -0.15) is 0 Å². The van der Waals surface area contributed by atoms with E-state index in [1.807, 2.05) is 0 Å². The average Bonchev–Trinajstić information content (AvgIpc) is 3.07. The van der Waals surface area contributed by atoms with E-state index in [-0.39, 0.29) is 82.1 Å². The summed E-state index contributed by atoms with van der Waals surface area (Å²) in [7, 11) is 1.26. The zero-order valence-electron chi connectivity index (χ0n) is 25.9. The minimum atomic E-state index is -0.603. The van der Waals surface area contributed by atoms with Crippen molar-refractivity contribution in [2.45, 2.75) is 0 Å². The van der Waals surface area contributed by atoms with Crippen LogP contribution in [0, 0.1) is 0 Å². The molecular formula is C26H41N9O11. The second kappa shape index (κ2) is 29.5. The summed E-state index contributed by atoms with van der Waals surface area (Å²) >= 11 is 0. The van der Waals surface area contributed by atoms with Crippen LogP contribution in [0.2, 0.25) is 0 Å². The van der Waals surface area contributed by atoms with Gasteiger partial charge >= 0.3 is 5.97 Å². The van der Waals surface area contributed by atoms with Gasteiger partial charge in [-0.15, -0.1) is 0 Å². The Labute approximate surface area is 265 Å². The number of methoxy groups -OCH3 is 1. The van der Waals surface area contributed by atoms with Crippen molar-refractivity contribution in [3.63, 3.8) is 0 Å². The van der Waals surface area contributed by atoms with Crippen molar-refractivity contribution in [2.24, 2.45) is 15.3 Å². The highest BCUT2D eigenvalue weighted by molar-refractivity contribution is 5.91. The molecule has 1 aromatic rings.